The molecule has 0 spiro atoms. The largest absolute Gasteiger partial charge is 0.422 e. The van der Waals surface area contributed by atoms with E-state index in [2.05, 4.69) is 91.5 Å². The van der Waals surface area contributed by atoms with Crippen molar-refractivity contribution in [3.8, 4) is 11.5 Å². The number of hydrogen-bond acceptors (Lipinski definition) is 7. The number of allylic oxidation sites excluding steroid dienone is 1. The molecular formula is C44H42NO6P. The summed E-state index contributed by atoms with van der Waals surface area (Å²) in [5, 5.41) is 4.31. The van der Waals surface area contributed by atoms with E-state index in [-0.39, 0.29) is 23.7 Å². The maximum Gasteiger partial charge on any atom is 0.347 e. The summed E-state index contributed by atoms with van der Waals surface area (Å²) in [5.74, 6) is -0.235. The van der Waals surface area contributed by atoms with Gasteiger partial charge in [-0.3, -0.25) is 0 Å². The SMILES string of the molecule is CCN(CC)c1ccc2cc(C(=O)/C=C/c3ccc(OC(=O)CC[PH](c4ccccc4)(c4ccccc4)c4ccccc4)c(OC)c3)c(=O)oc2c1. The summed E-state index contributed by atoms with van der Waals surface area (Å²) in [4.78, 5) is 41.6. The average Bonchev–Trinajstić information content (AvgIpc) is 3.19. The molecule has 0 N–H and O–H groups in total. The molecule has 0 saturated carbocycles. The second kappa shape index (κ2) is 16.5. The first-order chi connectivity index (χ1) is 25.4. The molecule has 5 aromatic carbocycles. The summed E-state index contributed by atoms with van der Waals surface area (Å²) < 4.78 is 17.0. The first kappa shape index (κ1) is 36.0. The molecule has 1 heterocycles. The van der Waals surface area contributed by atoms with Crippen molar-refractivity contribution in [2.24, 2.45) is 0 Å². The van der Waals surface area contributed by atoms with Crippen LogP contribution in [0.25, 0.3) is 17.0 Å². The number of methoxy groups -OCH3 is 1. The third-order valence-corrected chi connectivity index (χ3v) is 14.4. The van der Waals surface area contributed by atoms with Crippen molar-refractivity contribution >= 4 is 57.7 Å². The van der Waals surface area contributed by atoms with E-state index in [9.17, 15) is 14.4 Å². The normalized spacial score (nSPS) is 11.8. The van der Waals surface area contributed by atoms with E-state index >= 15 is 0 Å². The fourth-order valence-electron chi connectivity index (χ4n) is 6.76. The monoisotopic (exact) mass is 711 g/mol. The van der Waals surface area contributed by atoms with Gasteiger partial charge in [-0.1, -0.05) is 0 Å². The van der Waals surface area contributed by atoms with Crippen molar-refractivity contribution < 1.29 is 23.5 Å². The van der Waals surface area contributed by atoms with Crippen LogP contribution in [0.2, 0.25) is 0 Å². The van der Waals surface area contributed by atoms with Crippen LogP contribution in [-0.2, 0) is 4.79 Å². The van der Waals surface area contributed by atoms with E-state index in [0.29, 0.717) is 28.4 Å². The van der Waals surface area contributed by atoms with E-state index in [1.54, 1.807) is 30.3 Å². The number of rotatable bonds is 14. The maximum absolute atomic E-state index is 13.5. The van der Waals surface area contributed by atoms with Gasteiger partial charge in [-0.25, -0.2) is 4.79 Å². The van der Waals surface area contributed by atoms with Gasteiger partial charge < -0.3 is 9.32 Å². The fourth-order valence-corrected chi connectivity index (χ4v) is 11.5. The van der Waals surface area contributed by atoms with Gasteiger partial charge in [0, 0.05) is 30.2 Å². The van der Waals surface area contributed by atoms with Crippen molar-refractivity contribution in [3.63, 3.8) is 0 Å². The average molecular weight is 712 g/mol. The van der Waals surface area contributed by atoms with Crippen LogP contribution >= 0.6 is 7.26 Å². The molecule has 0 amide bonds. The summed E-state index contributed by atoms with van der Waals surface area (Å²) in [6.07, 6.45) is 3.71. The molecule has 0 aliphatic carbocycles. The molecule has 0 fully saturated rings. The summed E-state index contributed by atoms with van der Waals surface area (Å²) in [6, 6.07) is 43.5. The molecule has 0 atom stereocenters. The van der Waals surface area contributed by atoms with Gasteiger partial charge in [0.1, 0.15) is 5.58 Å². The van der Waals surface area contributed by atoms with Crippen molar-refractivity contribution in [2.45, 2.75) is 20.3 Å². The van der Waals surface area contributed by atoms with Gasteiger partial charge >= 0.3 is 223 Å². The van der Waals surface area contributed by atoms with Crippen LogP contribution in [0.4, 0.5) is 5.69 Å². The van der Waals surface area contributed by atoms with E-state index in [4.69, 9.17) is 13.9 Å². The number of esters is 1. The third kappa shape index (κ3) is 7.75. The first-order valence-corrected chi connectivity index (χ1v) is 19.7. The molecule has 0 saturated heterocycles. The smallest absolute Gasteiger partial charge is 0.347 e. The second-order valence-corrected chi connectivity index (χ2v) is 16.5. The second-order valence-electron chi connectivity index (χ2n) is 12.4. The molecule has 0 radical (unpaired) electrons. The molecule has 6 aromatic rings. The van der Waals surface area contributed by atoms with E-state index in [1.807, 2.05) is 36.4 Å². The molecule has 8 heteroatoms. The molecule has 0 aliphatic heterocycles. The standard InChI is InChI=1S/C44H42NO6P/c1-4-45(5-2)34-24-23-33-30-38(44(48)51-41(33)31-34)39(46)25-21-32-22-26-40(42(29-32)49-3)50-43(47)27-28-52(35-15-9-6-10-16-35,36-17-11-7-12-18-36)37-19-13-8-14-20-37/h6-26,29-31,52H,4-5,27-28H2,1-3H3/b25-21+. The number of carbonyl (C=O) groups excluding carboxylic acids is 2. The van der Waals surface area contributed by atoms with Gasteiger partial charge in [0.05, 0.1) is 0 Å². The van der Waals surface area contributed by atoms with Gasteiger partial charge in [-0.05, 0) is 32.0 Å². The number of nitrogens with zero attached hydrogens (tertiary/aromatic N) is 1. The van der Waals surface area contributed by atoms with E-state index in [0.717, 1.165) is 18.8 Å². The summed E-state index contributed by atoms with van der Waals surface area (Å²) >= 11 is 0. The van der Waals surface area contributed by atoms with Crippen LogP contribution in [0.15, 0.2) is 149 Å². The minimum Gasteiger partial charge on any atom is -0.422 e. The molecule has 6 rings (SSSR count). The zero-order valence-electron chi connectivity index (χ0n) is 29.6. The number of benzene rings is 5. The number of ketones is 1. The van der Waals surface area contributed by atoms with E-state index in [1.165, 1.54) is 29.1 Å². The van der Waals surface area contributed by atoms with Crippen LogP contribution in [-0.4, -0.2) is 38.1 Å². The maximum atomic E-state index is 13.5. The van der Waals surface area contributed by atoms with Crippen molar-refractivity contribution in [3.05, 3.63) is 161 Å². The Morgan fingerprint density at radius 2 is 1.33 bits per heavy atom. The zero-order chi connectivity index (χ0) is 36.5. The minimum absolute atomic E-state index is 0.0574. The zero-order valence-corrected chi connectivity index (χ0v) is 30.6. The summed E-state index contributed by atoms with van der Waals surface area (Å²) in [7, 11) is -1.12. The van der Waals surface area contributed by atoms with Crippen LogP contribution in [0.3, 0.4) is 0 Å². The van der Waals surface area contributed by atoms with Crippen LogP contribution in [0.1, 0.15) is 36.2 Å². The third-order valence-electron chi connectivity index (χ3n) is 9.46. The molecule has 0 unspecified atom stereocenters. The number of ether oxygens (including phenoxy) is 2. The predicted octanol–water partition coefficient (Wildman–Crippen LogP) is 7.57. The Hall–Kier alpha value is -5.78. The Labute approximate surface area is 304 Å². The van der Waals surface area contributed by atoms with Gasteiger partial charge in [0.25, 0.3) is 0 Å². The van der Waals surface area contributed by atoms with Crippen molar-refractivity contribution in [1.29, 1.82) is 0 Å². The van der Waals surface area contributed by atoms with Gasteiger partial charge in [0.2, 0.25) is 0 Å². The van der Waals surface area contributed by atoms with Crippen molar-refractivity contribution in [1.82, 2.24) is 0 Å². The molecule has 1 aromatic heterocycles. The number of anilines is 1. The number of hydrogen-bond donors (Lipinski definition) is 0. The van der Waals surface area contributed by atoms with Crippen molar-refractivity contribution in [2.75, 3.05) is 31.3 Å². The van der Waals surface area contributed by atoms with Gasteiger partial charge in [0.15, 0.2) is 0 Å². The first-order valence-electron chi connectivity index (χ1n) is 17.5. The minimum atomic E-state index is -2.62. The van der Waals surface area contributed by atoms with Crippen LogP contribution in [0, 0.1) is 0 Å². The molecule has 0 bridgehead atoms. The van der Waals surface area contributed by atoms with Crippen LogP contribution in [0.5, 0.6) is 11.5 Å². The Morgan fingerprint density at radius 3 is 1.88 bits per heavy atom. The fraction of sp³-hybridized carbons (Fsp3) is 0.159. The van der Waals surface area contributed by atoms with E-state index < -0.39 is 18.7 Å². The van der Waals surface area contributed by atoms with Crippen LogP contribution < -0.4 is 35.9 Å². The molecular weight excluding hydrogens is 669 g/mol. The summed E-state index contributed by atoms with van der Waals surface area (Å²) in [6.45, 7) is 5.76. The molecule has 7 nitrogen and oxygen atoms in total. The Bertz CT molecular complexity index is 2150. The molecule has 0 aliphatic rings. The Kier molecular flexibility index (Phi) is 11.4. The van der Waals surface area contributed by atoms with Gasteiger partial charge in [-0.2, -0.15) is 0 Å². The predicted molar refractivity (Wildman–Crippen MR) is 214 cm³/mol. The number of fused-ring (bicyclic) bond motifs is 1. The van der Waals surface area contributed by atoms with Gasteiger partial charge in [-0.15, -0.1) is 0 Å². The summed E-state index contributed by atoms with van der Waals surface area (Å²) in [5.41, 5.74) is 1.25. The topological polar surface area (TPSA) is 86.0 Å². The Balaban J connectivity index is 1.19. The Morgan fingerprint density at radius 1 is 0.731 bits per heavy atom. The quantitative estimate of drug-likeness (QED) is 0.0288. The molecule has 52 heavy (non-hydrogen) atoms. The molecule has 264 valence electrons. The number of carbonyl (C=O) groups is 2.